The molecule has 150 valence electrons. The molecule has 1 saturated heterocycles. The van der Waals surface area contributed by atoms with Crippen molar-refractivity contribution in [2.24, 2.45) is 4.99 Å². The van der Waals surface area contributed by atoms with Crippen molar-refractivity contribution in [1.29, 1.82) is 0 Å². The molecular weight excluding hydrogens is 450 g/mol. The van der Waals surface area contributed by atoms with Crippen LogP contribution in [-0.2, 0) is 4.79 Å². The molecular formula is C20H11Cl2FN4O2S. The van der Waals surface area contributed by atoms with Gasteiger partial charge in [-0.15, -0.1) is 0 Å². The molecule has 0 bridgehead atoms. The third kappa shape index (κ3) is 4.79. The molecule has 2 aromatic carbocycles. The number of thioether (sulfide) groups is 1. The van der Waals surface area contributed by atoms with E-state index in [1.165, 1.54) is 11.8 Å². The van der Waals surface area contributed by atoms with Gasteiger partial charge in [-0.2, -0.15) is 9.37 Å². The van der Waals surface area contributed by atoms with Gasteiger partial charge < -0.3 is 10.1 Å². The van der Waals surface area contributed by atoms with Crippen molar-refractivity contribution in [3.8, 4) is 11.6 Å². The van der Waals surface area contributed by atoms with E-state index in [2.05, 4.69) is 20.3 Å². The smallest absolute Gasteiger partial charge is 0.264 e. The highest BCUT2D eigenvalue weighted by Crippen LogP contribution is 2.31. The predicted octanol–water partition coefficient (Wildman–Crippen LogP) is 5.61. The number of rotatable bonds is 4. The van der Waals surface area contributed by atoms with Gasteiger partial charge in [0.1, 0.15) is 5.75 Å². The zero-order valence-corrected chi connectivity index (χ0v) is 17.3. The number of benzene rings is 2. The van der Waals surface area contributed by atoms with Crippen LogP contribution in [0.25, 0.3) is 6.08 Å². The van der Waals surface area contributed by atoms with Crippen LogP contribution in [0.3, 0.4) is 0 Å². The number of para-hydroxylation sites is 1. The fourth-order valence-electron chi connectivity index (χ4n) is 2.43. The molecule has 1 aliphatic heterocycles. The molecule has 1 fully saturated rings. The van der Waals surface area contributed by atoms with Crippen LogP contribution in [0.1, 0.15) is 5.56 Å². The molecule has 4 rings (SSSR count). The number of halogens is 3. The van der Waals surface area contributed by atoms with Gasteiger partial charge in [-0.25, -0.2) is 9.98 Å². The normalized spacial score (nSPS) is 16.2. The van der Waals surface area contributed by atoms with Gasteiger partial charge in [-0.05, 0) is 59.3 Å². The van der Waals surface area contributed by atoms with E-state index in [9.17, 15) is 9.18 Å². The molecule has 30 heavy (non-hydrogen) atoms. The lowest BCUT2D eigenvalue weighted by atomic mass is 10.2. The van der Waals surface area contributed by atoms with Crippen LogP contribution in [0.15, 0.2) is 64.6 Å². The Kier molecular flexibility index (Phi) is 5.98. The predicted molar refractivity (Wildman–Crippen MR) is 116 cm³/mol. The van der Waals surface area contributed by atoms with Gasteiger partial charge in [-0.1, -0.05) is 35.9 Å². The topological polar surface area (TPSA) is 76.5 Å². The molecule has 0 unspecified atom stereocenters. The van der Waals surface area contributed by atoms with Crippen molar-refractivity contribution in [1.82, 2.24) is 15.3 Å². The summed E-state index contributed by atoms with van der Waals surface area (Å²) < 4.78 is 19.1. The first-order valence-electron chi connectivity index (χ1n) is 8.48. The van der Waals surface area contributed by atoms with Crippen molar-refractivity contribution < 1.29 is 13.9 Å². The Hall–Kier alpha value is -2.94. The summed E-state index contributed by atoms with van der Waals surface area (Å²) in [5, 5.41) is 3.53. The summed E-state index contributed by atoms with van der Waals surface area (Å²) in [5.41, 5.74) is 1.32. The number of aromatic nitrogens is 2. The molecule has 1 N–H and O–H groups in total. The number of ether oxygens (including phenoxy) is 1. The summed E-state index contributed by atoms with van der Waals surface area (Å²) >= 11 is 13.0. The van der Waals surface area contributed by atoms with Crippen LogP contribution >= 0.6 is 35.0 Å². The van der Waals surface area contributed by atoms with Crippen LogP contribution in [0, 0.1) is 5.82 Å². The lowest BCUT2D eigenvalue weighted by Gasteiger charge is -2.05. The van der Waals surface area contributed by atoms with Gasteiger partial charge >= 0.3 is 0 Å². The summed E-state index contributed by atoms with van der Waals surface area (Å²) in [7, 11) is 0. The first-order valence-corrected chi connectivity index (χ1v) is 10.1. The van der Waals surface area contributed by atoms with E-state index in [-0.39, 0.29) is 17.1 Å². The maximum Gasteiger partial charge on any atom is 0.264 e. The van der Waals surface area contributed by atoms with Crippen molar-refractivity contribution in [3.63, 3.8) is 0 Å². The van der Waals surface area contributed by atoms with E-state index >= 15 is 0 Å². The largest absolute Gasteiger partial charge is 0.436 e. The highest BCUT2D eigenvalue weighted by atomic mass is 35.5. The van der Waals surface area contributed by atoms with E-state index < -0.39 is 5.82 Å². The minimum atomic E-state index is -0.727. The summed E-state index contributed by atoms with van der Waals surface area (Å²) in [6.07, 6.45) is 2.64. The Balaban J connectivity index is 1.49. The minimum absolute atomic E-state index is 0.119. The molecule has 1 amide bonds. The standard InChI is InChI=1S/C20H11Cl2FN4O2S/c21-13-3-1-2-4-15(13)25-20-26-17(28)16(30-20)9-11-5-7-12(8-6-11)29-18-14(23)10-24-19(22)27-18/h1-10H,(H,25,26,28)/b16-9+. The number of hydrogen-bond donors (Lipinski definition) is 1. The second-order valence-electron chi connectivity index (χ2n) is 5.90. The third-order valence-corrected chi connectivity index (χ3v) is 5.21. The number of amides is 1. The molecule has 0 aliphatic carbocycles. The van der Waals surface area contributed by atoms with E-state index in [4.69, 9.17) is 27.9 Å². The van der Waals surface area contributed by atoms with Crippen molar-refractivity contribution in [3.05, 3.63) is 81.3 Å². The molecule has 6 nitrogen and oxygen atoms in total. The Morgan fingerprint density at radius 2 is 1.90 bits per heavy atom. The first kappa shape index (κ1) is 20.3. The van der Waals surface area contributed by atoms with Gasteiger partial charge in [0.05, 0.1) is 21.8 Å². The summed E-state index contributed by atoms with van der Waals surface area (Å²) in [6.45, 7) is 0. The highest BCUT2D eigenvalue weighted by Gasteiger charge is 2.24. The number of nitrogens with one attached hydrogen (secondary N) is 1. The molecule has 0 spiro atoms. The van der Waals surface area contributed by atoms with Gasteiger partial charge in [0.15, 0.2) is 5.17 Å². The lowest BCUT2D eigenvalue weighted by molar-refractivity contribution is -0.115. The van der Waals surface area contributed by atoms with E-state index in [0.717, 1.165) is 11.8 Å². The van der Waals surface area contributed by atoms with Crippen LogP contribution in [0.5, 0.6) is 11.6 Å². The maximum absolute atomic E-state index is 13.7. The maximum atomic E-state index is 13.7. The second-order valence-corrected chi connectivity index (χ2v) is 7.67. The average Bonchev–Trinajstić information content (AvgIpc) is 3.07. The molecule has 0 radical (unpaired) electrons. The molecule has 1 aliphatic rings. The van der Waals surface area contributed by atoms with Crippen LogP contribution < -0.4 is 10.1 Å². The first-order chi connectivity index (χ1) is 14.5. The van der Waals surface area contributed by atoms with Crippen molar-refractivity contribution in [2.45, 2.75) is 0 Å². The Morgan fingerprint density at radius 1 is 1.13 bits per heavy atom. The minimum Gasteiger partial charge on any atom is -0.436 e. The van der Waals surface area contributed by atoms with Crippen molar-refractivity contribution >= 4 is 57.8 Å². The van der Waals surface area contributed by atoms with E-state index in [0.29, 0.717) is 26.5 Å². The Labute approximate surface area is 184 Å². The lowest BCUT2D eigenvalue weighted by Crippen LogP contribution is -2.19. The van der Waals surface area contributed by atoms with Crippen LogP contribution in [-0.4, -0.2) is 21.0 Å². The number of carbonyl (C=O) groups is 1. The van der Waals surface area contributed by atoms with Gasteiger partial charge in [0.2, 0.25) is 11.1 Å². The molecule has 10 heteroatoms. The molecule has 1 aromatic heterocycles. The van der Waals surface area contributed by atoms with Crippen molar-refractivity contribution in [2.75, 3.05) is 0 Å². The fraction of sp³-hybridized carbons (Fsp3) is 0. The summed E-state index contributed by atoms with van der Waals surface area (Å²) in [4.78, 5) is 24.3. The second kappa shape index (κ2) is 8.83. The molecule has 0 atom stereocenters. The fourth-order valence-corrected chi connectivity index (χ4v) is 3.57. The SMILES string of the molecule is O=C1NC(=Nc2ccccc2Cl)S/C1=C/c1ccc(Oc2nc(Cl)ncc2F)cc1. The quantitative estimate of drug-likeness (QED) is 0.404. The summed E-state index contributed by atoms with van der Waals surface area (Å²) in [6, 6.07) is 13.8. The van der Waals surface area contributed by atoms with Crippen LogP contribution in [0.4, 0.5) is 10.1 Å². The number of aliphatic imine (C=N–C) groups is 1. The third-order valence-electron chi connectivity index (χ3n) is 3.80. The van der Waals surface area contributed by atoms with Crippen LogP contribution in [0.2, 0.25) is 10.3 Å². The van der Waals surface area contributed by atoms with Gasteiger partial charge in [-0.3, -0.25) is 4.79 Å². The number of carbonyl (C=O) groups excluding carboxylic acids is 1. The van der Waals surface area contributed by atoms with Gasteiger partial charge in [0.25, 0.3) is 11.8 Å². The molecule has 3 aromatic rings. The number of amidine groups is 1. The van der Waals surface area contributed by atoms with Gasteiger partial charge in [0, 0.05) is 0 Å². The van der Waals surface area contributed by atoms with E-state index in [1.54, 1.807) is 48.5 Å². The Morgan fingerprint density at radius 3 is 2.67 bits per heavy atom. The Bertz CT molecular complexity index is 1190. The zero-order chi connectivity index (χ0) is 21.1. The average molecular weight is 461 g/mol. The number of nitrogens with zero attached hydrogens (tertiary/aromatic N) is 3. The number of hydrogen-bond acceptors (Lipinski definition) is 6. The monoisotopic (exact) mass is 460 g/mol. The van der Waals surface area contributed by atoms with E-state index in [1.807, 2.05) is 6.07 Å². The molecule has 2 heterocycles. The summed E-state index contributed by atoms with van der Waals surface area (Å²) in [5.74, 6) is -0.902. The molecule has 0 saturated carbocycles. The zero-order valence-electron chi connectivity index (χ0n) is 15.0. The highest BCUT2D eigenvalue weighted by molar-refractivity contribution is 8.18.